The van der Waals surface area contributed by atoms with Crippen molar-refractivity contribution in [3.63, 3.8) is 0 Å². The monoisotopic (exact) mass is 244 g/mol. The molecule has 0 radical (unpaired) electrons. The van der Waals surface area contributed by atoms with Crippen LogP contribution in [-0.2, 0) is 3.83 Å². The second kappa shape index (κ2) is 2.99. The molecule has 0 fully saturated rings. The van der Waals surface area contributed by atoms with E-state index in [9.17, 15) is 12.6 Å². The molecule has 0 heterocycles. The summed E-state index contributed by atoms with van der Waals surface area (Å²) in [7, 11) is 0. The molecule has 0 saturated carbocycles. The van der Waals surface area contributed by atoms with Crippen LogP contribution in [0.3, 0.4) is 0 Å². The Hall–Kier alpha value is -0.681. The molecule has 1 aromatic carbocycles. The molecule has 0 aliphatic rings. The summed E-state index contributed by atoms with van der Waals surface area (Å²) >= 11 is -5.15. The summed E-state index contributed by atoms with van der Waals surface area (Å²) in [6.45, 7) is 0. The first-order chi connectivity index (χ1) is 5.39. The molecule has 2 N–H and O–H groups in total. The zero-order chi connectivity index (χ0) is 9.35. The molecule has 1 rings (SSSR count). The molecular weight excluding hydrogens is 237 g/mol. The van der Waals surface area contributed by atoms with Gasteiger partial charge in [0.2, 0.25) is 0 Å². The van der Waals surface area contributed by atoms with Crippen LogP contribution in [0.5, 0.6) is 0 Å². The SMILES string of the molecule is O=[SeH](O)(O)c1cc(F)cc(F)c1. The first kappa shape index (κ1) is 9.41. The van der Waals surface area contributed by atoms with Gasteiger partial charge in [-0.05, 0) is 0 Å². The van der Waals surface area contributed by atoms with Crippen LogP contribution in [0.25, 0.3) is 0 Å². The minimum atomic E-state index is -5.15. The summed E-state index contributed by atoms with van der Waals surface area (Å²) in [5.74, 6) is -1.98. The van der Waals surface area contributed by atoms with E-state index in [0.717, 1.165) is 0 Å². The van der Waals surface area contributed by atoms with Gasteiger partial charge in [0.1, 0.15) is 0 Å². The Kier molecular flexibility index (Phi) is 2.34. The molecule has 0 atom stereocenters. The van der Waals surface area contributed by atoms with Gasteiger partial charge < -0.3 is 0 Å². The van der Waals surface area contributed by atoms with Crippen molar-refractivity contribution in [3.05, 3.63) is 29.8 Å². The van der Waals surface area contributed by atoms with Gasteiger partial charge in [-0.1, -0.05) is 0 Å². The second-order valence-corrected chi connectivity index (χ2v) is 5.54. The summed E-state index contributed by atoms with van der Waals surface area (Å²) in [5, 5.41) is 0. The van der Waals surface area contributed by atoms with E-state index >= 15 is 0 Å². The van der Waals surface area contributed by atoms with E-state index in [0.29, 0.717) is 18.2 Å². The fourth-order valence-corrected chi connectivity index (χ4v) is 1.93. The minimum absolute atomic E-state index is 0.551. The van der Waals surface area contributed by atoms with E-state index in [1.807, 2.05) is 0 Å². The summed E-state index contributed by atoms with van der Waals surface area (Å²) in [4.78, 5) is 0. The molecule has 0 aliphatic heterocycles. The van der Waals surface area contributed by atoms with Crippen molar-refractivity contribution in [2.75, 3.05) is 0 Å². The van der Waals surface area contributed by atoms with Crippen molar-refractivity contribution in [1.29, 1.82) is 0 Å². The third kappa shape index (κ3) is 2.15. The summed E-state index contributed by atoms with van der Waals surface area (Å²) < 4.78 is 51.9. The molecule has 6 heteroatoms. The molecule has 0 unspecified atom stereocenters. The molecule has 0 amide bonds. The zero-order valence-corrected chi connectivity index (χ0v) is 7.61. The third-order valence-corrected chi connectivity index (χ3v) is 3.14. The van der Waals surface area contributed by atoms with Crippen molar-refractivity contribution in [1.82, 2.24) is 0 Å². The molecule has 68 valence electrons. The summed E-state index contributed by atoms with van der Waals surface area (Å²) in [5.41, 5.74) is 0. The molecule has 0 aliphatic carbocycles. The Bertz CT molecular complexity index is 326. The van der Waals surface area contributed by atoms with Crippen LogP contribution >= 0.6 is 0 Å². The Morgan fingerprint density at radius 3 is 1.83 bits per heavy atom. The van der Waals surface area contributed by atoms with E-state index < -0.39 is 29.5 Å². The quantitative estimate of drug-likeness (QED) is 0.638. The summed E-state index contributed by atoms with van der Waals surface area (Å²) in [6, 6.07) is 1.81. The zero-order valence-electron chi connectivity index (χ0n) is 5.74. The number of hydrogen-bond acceptors (Lipinski definition) is 1. The van der Waals surface area contributed by atoms with Crippen molar-refractivity contribution in [2.45, 2.75) is 0 Å². The molecule has 1 aromatic rings. The van der Waals surface area contributed by atoms with E-state index in [4.69, 9.17) is 8.38 Å². The Morgan fingerprint density at radius 1 is 1.08 bits per heavy atom. The molecule has 0 bridgehead atoms. The number of hydrogen-bond donors (Lipinski definition) is 2. The van der Waals surface area contributed by atoms with Gasteiger partial charge in [-0.25, -0.2) is 0 Å². The number of rotatable bonds is 1. The van der Waals surface area contributed by atoms with Gasteiger partial charge in [-0.2, -0.15) is 0 Å². The van der Waals surface area contributed by atoms with Crippen LogP contribution in [0.2, 0.25) is 0 Å². The van der Waals surface area contributed by atoms with Gasteiger partial charge >= 0.3 is 68.7 Å². The van der Waals surface area contributed by atoms with Crippen LogP contribution in [0.4, 0.5) is 8.78 Å². The third-order valence-electron chi connectivity index (χ3n) is 1.18. The van der Waals surface area contributed by atoms with Gasteiger partial charge in [0, 0.05) is 0 Å². The predicted octanol–water partition coefficient (Wildman–Crippen LogP) is -0.742. The molecule has 3 nitrogen and oxygen atoms in total. The van der Waals surface area contributed by atoms with Crippen molar-refractivity contribution in [3.8, 4) is 0 Å². The van der Waals surface area contributed by atoms with Crippen LogP contribution < -0.4 is 4.46 Å². The predicted molar refractivity (Wildman–Crippen MR) is 38.3 cm³/mol. The van der Waals surface area contributed by atoms with Crippen molar-refractivity contribution in [2.24, 2.45) is 0 Å². The second-order valence-electron chi connectivity index (χ2n) is 2.17. The van der Waals surface area contributed by atoms with E-state index in [1.54, 1.807) is 0 Å². The first-order valence-corrected chi connectivity index (χ1v) is 6.30. The maximum atomic E-state index is 12.4. The molecule has 0 spiro atoms. The fourth-order valence-electron chi connectivity index (χ4n) is 0.707. The fraction of sp³-hybridized carbons (Fsp3) is 0. The van der Waals surface area contributed by atoms with Gasteiger partial charge in [0.05, 0.1) is 0 Å². The average Bonchev–Trinajstić information content (AvgIpc) is 1.82. The van der Waals surface area contributed by atoms with Crippen LogP contribution in [0.15, 0.2) is 18.2 Å². The topological polar surface area (TPSA) is 57.5 Å². The molecule has 12 heavy (non-hydrogen) atoms. The van der Waals surface area contributed by atoms with Crippen LogP contribution in [-0.4, -0.2) is 21.8 Å². The summed E-state index contributed by atoms with van der Waals surface area (Å²) in [6.07, 6.45) is 0. The van der Waals surface area contributed by atoms with Gasteiger partial charge in [-0.15, -0.1) is 0 Å². The van der Waals surface area contributed by atoms with E-state index in [2.05, 4.69) is 0 Å². The average molecular weight is 243 g/mol. The van der Waals surface area contributed by atoms with Gasteiger partial charge in [-0.3, -0.25) is 0 Å². The molecular formula is C6H6F2O3Se. The standard InChI is InChI=1S/C6H6F2O3Se/c7-4-1-5(8)3-6(2-4)12(9,10)11/h1-3,12H,(H2,9,10,11). The molecule has 0 aromatic heterocycles. The van der Waals surface area contributed by atoms with Gasteiger partial charge in [0.15, 0.2) is 0 Å². The van der Waals surface area contributed by atoms with Crippen molar-refractivity contribution >= 4 is 17.9 Å². The van der Waals surface area contributed by atoms with Crippen LogP contribution in [0, 0.1) is 11.6 Å². The van der Waals surface area contributed by atoms with E-state index in [1.165, 1.54) is 0 Å². The maximum absolute atomic E-state index is 12.4. The molecule has 0 saturated heterocycles. The number of halogens is 2. The van der Waals surface area contributed by atoms with Gasteiger partial charge in [0.25, 0.3) is 0 Å². The van der Waals surface area contributed by atoms with E-state index in [-0.39, 0.29) is 0 Å². The normalized spacial score (nSPS) is 13.0. The first-order valence-electron chi connectivity index (χ1n) is 2.92. The Balaban J connectivity index is 3.27. The van der Waals surface area contributed by atoms with Crippen molar-refractivity contribution < 1.29 is 21.0 Å². The van der Waals surface area contributed by atoms with Crippen LogP contribution in [0.1, 0.15) is 0 Å². The Labute approximate surface area is 69.3 Å². The number of benzene rings is 1. The Morgan fingerprint density at radius 2 is 1.50 bits per heavy atom.